The molecule has 1 rings (SSSR count). The van der Waals surface area contributed by atoms with Crippen molar-refractivity contribution < 1.29 is 14.7 Å². The summed E-state index contributed by atoms with van der Waals surface area (Å²) in [5.74, 6) is -0.185. The molecule has 0 fully saturated rings. The lowest BCUT2D eigenvalue weighted by Gasteiger charge is -2.19. The number of aliphatic hydroxyl groups is 1. The quantitative estimate of drug-likeness (QED) is 0.641. The standard InChI is InChI=1S/C18H26N2O3/c1-4-14(5-2)16(21)12-20-17(22)11-8-13-6-9-15(10-7-13)18(23)19-3/h6-11,14,16,21H,4-5,12H2,1-3H3,(H,19,23)(H,20,22)/b11-8+. The van der Waals surface area contributed by atoms with Crippen LogP contribution in [-0.4, -0.2) is 36.6 Å². The summed E-state index contributed by atoms with van der Waals surface area (Å²) in [6.07, 6.45) is 4.36. The van der Waals surface area contributed by atoms with E-state index in [1.807, 2.05) is 13.8 Å². The van der Waals surface area contributed by atoms with Gasteiger partial charge in [-0.15, -0.1) is 0 Å². The first kappa shape index (κ1) is 18.9. The van der Waals surface area contributed by atoms with Crippen LogP contribution in [0.25, 0.3) is 6.08 Å². The summed E-state index contributed by atoms with van der Waals surface area (Å²) in [6.45, 7) is 4.31. The van der Waals surface area contributed by atoms with Gasteiger partial charge in [0.15, 0.2) is 0 Å². The zero-order valence-electron chi connectivity index (χ0n) is 14.0. The molecule has 1 atom stereocenters. The molecule has 0 aromatic heterocycles. The molecule has 2 amide bonds. The highest BCUT2D eigenvalue weighted by molar-refractivity contribution is 5.94. The number of benzene rings is 1. The SMILES string of the molecule is CCC(CC)C(O)CNC(=O)/C=C/c1ccc(C(=O)NC)cc1. The molecule has 0 aliphatic rings. The Morgan fingerprint density at radius 3 is 2.30 bits per heavy atom. The maximum absolute atomic E-state index is 11.8. The molecular formula is C18H26N2O3. The van der Waals surface area contributed by atoms with E-state index in [9.17, 15) is 14.7 Å². The number of amides is 2. The third-order valence-electron chi connectivity index (χ3n) is 3.91. The minimum Gasteiger partial charge on any atom is -0.391 e. The van der Waals surface area contributed by atoms with Crippen molar-refractivity contribution in [3.05, 3.63) is 41.5 Å². The zero-order chi connectivity index (χ0) is 17.2. The molecule has 0 aliphatic heterocycles. The van der Waals surface area contributed by atoms with E-state index >= 15 is 0 Å². The molecule has 0 aliphatic carbocycles. The fourth-order valence-electron chi connectivity index (χ4n) is 2.33. The number of hydrogen-bond acceptors (Lipinski definition) is 3. The van der Waals surface area contributed by atoms with Gasteiger partial charge in [-0.2, -0.15) is 0 Å². The van der Waals surface area contributed by atoms with E-state index in [0.717, 1.165) is 18.4 Å². The van der Waals surface area contributed by atoms with Crippen LogP contribution < -0.4 is 10.6 Å². The second-order valence-corrected chi connectivity index (χ2v) is 5.42. The van der Waals surface area contributed by atoms with E-state index < -0.39 is 6.10 Å². The number of nitrogens with one attached hydrogen (secondary N) is 2. The first-order chi connectivity index (χ1) is 11.0. The molecule has 23 heavy (non-hydrogen) atoms. The zero-order valence-corrected chi connectivity index (χ0v) is 14.0. The largest absolute Gasteiger partial charge is 0.391 e. The molecule has 3 N–H and O–H groups in total. The summed E-state index contributed by atoms with van der Waals surface area (Å²) in [6, 6.07) is 6.95. The summed E-state index contributed by atoms with van der Waals surface area (Å²) < 4.78 is 0. The Hall–Kier alpha value is -2.14. The van der Waals surface area contributed by atoms with Crippen LogP contribution in [0, 0.1) is 5.92 Å². The molecule has 0 spiro atoms. The molecule has 0 saturated carbocycles. The first-order valence-electron chi connectivity index (χ1n) is 7.97. The predicted molar refractivity (Wildman–Crippen MR) is 92.0 cm³/mol. The van der Waals surface area contributed by atoms with Crippen molar-refractivity contribution in [3.8, 4) is 0 Å². The Balaban J connectivity index is 2.50. The van der Waals surface area contributed by atoms with Crippen LogP contribution in [0.4, 0.5) is 0 Å². The molecule has 126 valence electrons. The normalized spacial score (nSPS) is 12.4. The molecule has 5 heteroatoms. The van der Waals surface area contributed by atoms with E-state index in [2.05, 4.69) is 10.6 Å². The fourth-order valence-corrected chi connectivity index (χ4v) is 2.33. The van der Waals surface area contributed by atoms with Gasteiger partial charge in [0, 0.05) is 25.2 Å². The van der Waals surface area contributed by atoms with Crippen molar-refractivity contribution >= 4 is 17.9 Å². The van der Waals surface area contributed by atoms with E-state index in [1.54, 1.807) is 37.4 Å². The van der Waals surface area contributed by atoms with Crippen molar-refractivity contribution in [2.45, 2.75) is 32.8 Å². The first-order valence-corrected chi connectivity index (χ1v) is 7.97. The number of rotatable bonds is 8. The molecule has 0 saturated heterocycles. The van der Waals surface area contributed by atoms with Crippen LogP contribution in [-0.2, 0) is 4.79 Å². The lowest BCUT2D eigenvalue weighted by atomic mass is 9.96. The molecule has 0 bridgehead atoms. The monoisotopic (exact) mass is 318 g/mol. The second-order valence-electron chi connectivity index (χ2n) is 5.42. The van der Waals surface area contributed by atoms with Gasteiger partial charge in [-0.1, -0.05) is 38.8 Å². The topological polar surface area (TPSA) is 78.4 Å². The summed E-state index contributed by atoms with van der Waals surface area (Å²) in [7, 11) is 1.58. The third-order valence-corrected chi connectivity index (χ3v) is 3.91. The van der Waals surface area contributed by atoms with Crippen LogP contribution in [0.5, 0.6) is 0 Å². The molecule has 5 nitrogen and oxygen atoms in total. The Kier molecular flexibility index (Phi) is 8.05. The summed E-state index contributed by atoms with van der Waals surface area (Å²) in [4.78, 5) is 23.2. The average Bonchev–Trinajstić information content (AvgIpc) is 2.58. The van der Waals surface area contributed by atoms with Crippen LogP contribution in [0.3, 0.4) is 0 Å². The summed E-state index contributed by atoms with van der Waals surface area (Å²) in [5, 5.41) is 15.2. The van der Waals surface area contributed by atoms with Crippen LogP contribution in [0.15, 0.2) is 30.3 Å². The van der Waals surface area contributed by atoms with Crippen LogP contribution in [0.2, 0.25) is 0 Å². The van der Waals surface area contributed by atoms with Gasteiger partial charge >= 0.3 is 0 Å². The number of carbonyl (C=O) groups excluding carboxylic acids is 2. The van der Waals surface area contributed by atoms with Crippen molar-refractivity contribution in [1.82, 2.24) is 10.6 Å². The lowest BCUT2D eigenvalue weighted by Crippen LogP contribution is -2.35. The molecule has 0 radical (unpaired) electrons. The fraction of sp³-hybridized carbons (Fsp3) is 0.444. The van der Waals surface area contributed by atoms with E-state index in [-0.39, 0.29) is 24.3 Å². The average molecular weight is 318 g/mol. The van der Waals surface area contributed by atoms with Gasteiger partial charge in [0.05, 0.1) is 6.10 Å². The summed E-state index contributed by atoms with van der Waals surface area (Å²) in [5.41, 5.74) is 1.40. The van der Waals surface area contributed by atoms with Gasteiger partial charge in [0.1, 0.15) is 0 Å². The minimum atomic E-state index is -0.519. The van der Waals surface area contributed by atoms with Crippen molar-refractivity contribution in [2.75, 3.05) is 13.6 Å². The Morgan fingerprint density at radius 1 is 1.17 bits per heavy atom. The highest BCUT2D eigenvalue weighted by atomic mass is 16.3. The van der Waals surface area contributed by atoms with Crippen LogP contribution >= 0.6 is 0 Å². The van der Waals surface area contributed by atoms with Gasteiger partial charge in [0.2, 0.25) is 5.91 Å². The minimum absolute atomic E-state index is 0.145. The van der Waals surface area contributed by atoms with Gasteiger partial charge in [-0.05, 0) is 29.7 Å². The van der Waals surface area contributed by atoms with Crippen molar-refractivity contribution in [2.24, 2.45) is 5.92 Å². The van der Waals surface area contributed by atoms with Gasteiger partial charge in [0.25, 0.3) is 5.91 Å². The Morgan fingerprint density at radius 2 is 1.78 bits per heavy atom. The van der Waals surface area contributed by atoms with Crippen LogP contribution in [0.1, 0.15) is 42.6 Å². The van der Waals surface area contributed by atoms with Crippen molar-refractivity contribution in [1.29, 1.82) is 0 Å². The van der Waals surface area contributed by atoms with E-state index in [4.69, 9.17) is 0 Å². The van der Waals surface area contributed by atoms with Gasteiger partial charge in [-0.3, -0.25) is 9.59 Å². The van der Waals surface area contributed by atoms with Crippen molar-refractivity contribution in [3.63, 3.8) is 0 Å². The number of carbonyl (C=O) groups is 2. The Bertz CT molecular complexity index is 534. The molecular weight excluding hydrogens is 292 g/mol. The molecule has 1 aromatic carbocycles. The summed E-state index contributed by atoms with van der Waals surface area (Å²) >= 11 is 0. The van der Waals surface area contributed by atoms with E-state index in [1.165, 1.54) is 6.08 Å². The molecule has 1 unspecified atom stereocenters. The lowest BCUT2D eigenvalue weighted by molar-refractivity contribution is -0.117. The molecule has 0 heterocycles. The number of hydrogen-bond donors (Lipinski definition) is 3. The maximum Gasteiger partial charge on any atom is 0.251 e. The smallest absolute Gasteiger partial charge is 0.251 e. The van der Waals surface area contributed by atoms with Gasteiger partial charge < -0.3 is 15.7 Å². The maximum atomic E-state index is 11.8. The predicted octanol–water partition coefficient (Wildman–Crippen LogP) is 1.97. The number of aliphatic hydroxyl groups excluding tert-OH is 1. The van der Waals surface area contributed by atoms with E-state index in [0.29, 0.717) is 5.56 Å². The second kappa shape index (κ2) is 9.79. The highest BCUT2D eigenvalue weighted by Gasteiger charge is 2.15. The highest BCUT2D eigenvalue weighted by Crippen LogP contribution is 2.12. The van der Waals surface area contributed by atoms with Gasteiger partial charge in [-0.25, -0.2) is 0 Å². The third kappa shape index (κ3) is 6.24. The molecule has 1 aromatic rings. The Labute approximate surface area is 137 Å².